The van der Waals surface area contributed by atoms with Crippen LogP contribution in [0.2, 0.25) is 0 Å². The van der Waals surface area contributed by atoms with Crippen LogP contribution in [0, 0.1) is 21.8 Å². The van der Waals surface area contributed by atoms with Crippen molar-refractivity contribution in [1.82, 2.24) is 5.32 Å². The maximum Gasteiger partial charge on any atom is 0.306 e. The van der Waals surface area contributed by atoms with E-state index in [1.54, 1.807) is 0 Å². The van der Waals surface area contributed by atoms with E-state index < -0.39 is 34.2 Å². The molecule has 0 aromatic heterocycles. The minimum Gasteiger partial charge on any atom is -0.481 e. The molecule has 1 aromatic carbocycles. The topological polar surface area (TPSA) is 110 Å². The number of nitrogens with one attached hydrogen (secondary N) is 1. The summed E-state index contributed by atoms with van der Waals surface area (Å²) in [6, 6.07) is 2.81. The van der Waals surface area contributed by atoms with Gasteiger partial charge in [0.15, 0.2) is 0 Å². The van der Waals surface area contributed by atoms with E-state index >= 15 is 0 Å². The molecule has 0 aliphatic rings. The van der Waals surface area contributed by atoms with Gasteiger partial charge in [0.2, 0.25) is 5.82 Å². The SMILES string of the molecule is CC(CCNC(=O)c1ccc([N+](=O)[O-])c(F)c1)C(=O)O. The molecule has 0 saturated heterocycles. The Morgan fingerprint density at radius 1 is 1.50 bits per heavy atom. The van der Waals surface area contributed by atoms with Crippen LogP contribution in [-0.2, 0) is 4.79 Å². The summed E-state index contributed by atoms with van der Waals surface area (Å²) in [5.41, 5.74) is -0.767. The summed E-state index contributed by atoms with van der Waals surface area (Å²) in [7, 11) is 0. The molecule has 0 heterocycles. The fourth-order valence-corrected chi connectivity index (χ4v) is 1.42. The third-order valence-electron chi connectivity index (χ3n) is 2.69. The first kappa shape index (κ1) is 15.5. The molecule has 7 nitrogen and oxygen atoms in total. The molecular formula is C12H13FN2O5. The van der Waals surface area contributed by atoms with Crippen LogP contribution < -0.4 is 5.32 Å². The Kier molecular flexibility index (Phi) is 5.13. The van der Waals surface area contributed by atoms with Crippen molar-refractivity contribution in [3.8, 4) is 0 Å². The largest absolute Gasteiger partial charge is 0.481 e. The highest BCUT2D eigenvalue weighted by Gasteiger charge is 2.17. The Labute approximate surface area is 113 Å². The van der Waals surface area contributed by atoms with Gasteiger partial charge in [-0.2, -0.15) is 4.39 Å². The minimum atomic E-state index is -1.10. The van der Waals surface area contributed by atoms with Gasteiger partial charge in [-0.05, 0) is 18.6 Å². The van der Waals surface area contributed by atoms with Gasteiger partial charge in [0, 0.05) is 18.2 Å². The van der Waals surface area contributed by atoms with Crippen molar-refractivity contribution in [3.05, 3.63) is 39.7 Å². The van der Waals surface area contributed by atoms with E-state index in [0.717, 1.165) is 18.2 Å². The second-order valence-electron chi connectivity index (χ2n) is 4.21. The van der Waals surface area contributed by atoms with Crippen molar-refractivity contribution in [2.75, 3.05) is 6.54 Å². The molecule has 1 unspecified atom stereocenters. The van der Waals surface area contributed by atoms with E-state index in [0.29, 0.717) is 0 Å². The highest BCUT2D eigenvalue weighted by molar-refractivity contribution is 5.94. The Morgan fingerprint density at radius 3 is 2.65 bits per heavy atom. The Morgan fingerprint density at radius 2 is 2.15 bits per heavy atom. The third-order valence-corrected chi connectivity index (χ3v) is 2.69. The van der Waals surface area contributed by atoms with Gasteiger partial charge >= 0.3 is 11.7 Å². The molecule has 0 saturated carbocycles. The number of carboxylic acids is 1. The van der Waals surface area contributed by atoms with E-state index in [-0.39, 0.29) is 18.5 Å². The second-order valence-corrected chi connectivity index (χ2v) is 4.21. The van der Waals surface area contributed by atoms with Gasteiger partial charge < -0.3 is 10.4 Å². The van der Waals surface area contributed by atoms with Gasteiger partial charge in [-0.25, -0.2) is 0 Å². The summed E-state index contributed by atoms with van der Waals surface area (Å²) in [6.07, 6.45) is 0.233. The van der Waals surface area contributed by atoms with Gasteiger partial charge in [0.25, 0.3) is 5.91 Å². The molecule has 0 aliphatic heterocycles. The monoisotopic (exact) mass is 284 g/mol. The molecule has 0 radical (unpaired) electrons. The lowest BCUT2D eigenvalue weighted by Gasteiger charge is -2.08. The quantitative estimate of drug-likeness (QED) is 0.608. The molecular weight excluding hydrogens is 271 g/mol. The molecule has 1 aromatic rings. The molecule has 2 N–H and O–H groups in total. The van der Waals surface area contributed by atoms with Gasteiger partial charge in [-0.15, -0.1) is 0 Å². The van der Waals surface area contributed by atoms with Crippen LogP contribution in [0.15, 0.2) is 18.2 Å². The van der Waals surface area contributed by atoms with Crippen LogP contribution in [-0.4, -0.2) is 28.5 Å². The van der Waals surface area contributed by atoms with Gasteiger partial charge in [-0.3, -0.25) is 19.7 Å². The maximum absolute atomic E-state index is 13.3. The highest BCUT2D eigenvalue weighted by atomic mass is 19.1. The van der Waals surface area contributed by atoms with Crippen LogP contribution >= 0.6 is 0 Å². The number of benzene rings is 1. The average molecular weight is 284 g/mol. The van der Waals surface area contributed by atoms with Crippen LogP contribution in [0.1, 0.15) is 23.7 Å². The van der Waals surface area contributed by atoms with Crippen molar-refractivity contribution >= 4 is 17.6 Å². The summed E-state index contributed by atoms with van der Waals surface area (Å²) in [5, 5.41) is 21.5. The zero-order valence-electron chi connectivity index (χ0n) is 10.6. The number of carboxylic acid groups (broad SMARTS) is 1. The van der Waals surface area contributed by atoms with Gasteiger partial charge in [0.1, 0.15) is 0 Å². The summed E-state index contributed by atoms with van der Waals surface area (Å²) in [6.45, 7) is 1.62. The molecule has 0 fully saturated rings. The maximum atomic E-state index is 13.3. The number of carbonyl (C=O) groups excluding carboxylic acids is 1. The number of halogens is 1. The molecule has 20 heavy (non-hydrogen) atoms. The Hall–Kier alpha value is -2.51. The second kappa shape index (κ2) is 6.60. The van der Waals surface area contributed by atoms with Crippen molar-refractivity contribution in [3.63, 3.8) is 0 Å². The number of rotatable bonds is 6. The number of aliphatic carboxylic acids is 1. The van der Waals surface area contributed by atoms with Crippen molar-refractivity contribution in [2.45, 2.75) is 13.3 Å². The molecule has 0 spiro atoms. The summed E-state index contributed by atoms with van der Waals surface area (Å²) < 4.78 is 13.3. The van der Waals surface area contributed by atoms with E-state index in [1.165, 1.54) is 6.92 Å². The molecule has 1 atom stereocenters. The zero-order chi connectivity index (χ0) is 15.3. The number of hydrogen-bond donors (Lipinski definition) is 2. The summed E-state index contributed by atoms with van der Waals surface area (Å²) >= 11 is 0. The van der Waals surface area contributed by atoms with Crippen LogP contribution in [0.3, 0.4) is 0 Å². The first-order valence-corrected chi connectivity index (χ1v) is 5.78. The van der Waals surface area contributed by atoms with Crippen LogP contribution in [0.25, 0.3) is 0 Å². The number of nitrogens with zero attached hydrogens (tertiary/aromatic N) is 1. The fourth-order valence-electron chi connectivity index (χ4n) is 1.42. The first-order chi connectivity index (χ1) is 9.32. The Bertz CT molecular complexity index is 547. The normalized spacial score (nSPS) is 11.7. The molecule has 1 rings (SSSR count). The number of nitro groups is 1. The standard InChI is InChI=1S/C12H13FN2O5/c1-7(12(17)18)4-5-14-11(16)8-2-3-10(15(19)20)9(13)6-8/h2-3,6-7H,4-5H2,1H3,(H,14,16)(H,17,18). The average Bonchev–Trinajstić information content (AvgIpc) is 2.37. The lowest BCUT2D eigenvalue weighted by atomic mass is 10.1. The van der Waals surface area contributed by atoms with Crippen molar-refractivity contribution in [1.29, 1.82) is 0 Å². The van der Waals surface area contributed by atoms with Crippen LogP contribution in [0.5, 0.6) is 0 Å². The van der Waals surface area contributed by atoms with E-state index in [1.807, 2.05) is 0 Å². The third kappa shape index (κ3) is 4.01. The number of carbonyl (C=O) groups is 2. The van der Waals surface area contributed by atoms with E-state index in [2.05, 4.69) is 5.32 Å². The van der Waals surface area contributed by atoms with Crippen LogP contribution in [0.4, 0.5) is 10.1 Å². The molecule has 1 amide bonds. The Balaban J connectivity index is 2.62. The number of hydrogen-bond acceptors (Lipinski definition) is 4. The van der Waals surface area contributed by atoms with E-state index in [9.17, 15) is 24.1 Å². The zero-order valence-corrected chi connectivity index (χ0v) is 10.6. The summed E-state index contributed by atoms with van der Waals surface area (Å²) in [4.78, 5) is 31.7. The highest BCUT2D eigenvalue weighted by Crippen LogP contribution is 2.17. The lowest BCUT2D eigenvalue weighted by molar-refractivity contribution is -0.387. The predicted molar refractivity (Wildman–Crippen MR) is 66.8 cm³/mol. The fraction of sp³-hybridized carbons (Fsp3) is 0.333. The molecule has 8 heteroatoms. The predicted octanol–water partition coefficient (Wildman–Crippen LogP) is 1.57. The summed E-state index contributed by atoms with van der Waals surface area (Å²) in [5.74, 6) is -3.29. The van der Waals surface area contributed by atoms with E-state index in [4.69, 9.17) is 5.11 Å². The number of amides is 1. The number of nitro benzene ring substituents is 1. The minimum absolute atomic E-state index is 0.0592. The smallest absolute Gasteiger partial charge is 0.306 e. The van der Waals surface area contributed by atoms with Crippen molar-refractivity contribution in [2.24, 2.45) is 5.92 Å². The van der Waals surface area contributed by atoms with Crippen molar-refractivity contribution < 1.29 is 24.0 Å². The lowest BCUT2D eigenvalue weighted by Crippen LogP contribution is -2.27. The van der Waals surface area contributed by atoms with Gasteiger partial charge in [0.05, 0.1) is 10.8 Å². The molecule has 0 aliphatic carbocycles. The van der Waals surface area contributed by atoms with Gasteiger partial charge in [-0.1, -0.05) is 6.92 Å². The first-order valence-electron chi connectivity index (χ1n) is 5.78. The molecule has 108 valence electrons. The molecule has 0 bridgehead atoms.